The number of carbonyl (C=O) groups excluding carboxylic acids is 1. The minimum atomic E-state index is 0.440. The molecule has 2 unspecified atom stereocenters. The fourth-order valence-corrected chi connectivity index (χ4v) is 3.41. The third kappa shape index (κ3) is 3.94. The van der Waals surface area contributed by atoms with Crippen molar-refractivity contribution in [1.29, 1.82) is 0 Å². The van der Waals surface area contributed by atoms with Crippen molar-refractivity contribution >= 4 is 5.78 Å². The van der Waals surface area contributed by atoms with Gasteiger partial charge in [0.15, 0.2) is 0 Å². The van der Waals surface area contributed by atoms with Gasteiger partial charge in [-0.15, -0.1) is 0 Å². The highest BCUT2D eigenvalue weighted by Crippen LogP contribution is 2.34. The van der Waals surface area contributed by atoms with Gasteiger partial charge >= 0.3 is 0 Å². The van der Waals surface area contributed by atoms with Gasteiger partial charge in [-0.25, -0.2) is 0 Å². The van der Waals surface area contributed by atoms with Crippen molar-refractivity contribution in [3.05, 3.63) is 35.4 Å². The quantitative estimate of drug-likeness (QED) is 0.591. The van der Waals surface area contributed by atoms with Crippen LogP contribution in [0.5, 0.6) is 0 Å². The Hall–Kier alpha value is -1.11. The van der Waals surface area contributed by atoms with Gasteiger partial charge in [0.25, 0.3) is 0 Å². The van der Waals surface area contributed by atoms with E-state index < -0.39 is 0 Å². The molecular weight excluding hydrogens is 244 g/mol. The van der Waals surface area contributed by atoms with E-state index in [1.54, 1.807) is 0 Å². The minimum Gasteiger partial charge on any atom is -0.300 e. The van der Waals surface area contributed by atoms with E-state index in [4.69, 9.17) is 0 Å². The van der Waals surface area contributed by atoms with Crippen LogP contribution in [0.25, 0.3) is 0 Å². The molecule has 0 saturated heterocycles. The molecule has 1 fully saturated rings. The minimum absolute atomic E-state index is 0.440. The molecule has 0 amide bonds. The highest BCUT2D eigenvalue weighted by molar-refractivity contribution is 5.81. The van der Waals surface area contributed by atoms with Crippen molar-refractivity contribution < 1.29 is 4.79 Å². The average Bonchev–Trinajstić information content (AvgIpc) is 2.90. The maximum atomic E-state index is 11.5. The normalized spacial score (nSPS) is 20.3. The zero-order chi connectivity index (χ0) is 14.4. The Kier molecular flexibility index (Phi) is 5.82. The Balaban J connectivity index is 2.05. The van der Waals surface area contributed by atoms with Crippen molar-refractivity contribution in [3.8, 4) is 0 Å². The van der Waals surface area contributed by atoms with Crippen molar-refractivity contribution in [2.24, 2.45) is 0 Å². The molecule has 110 valence electrons. The first-order chi connectivity index (χ1) is 9.74. The van der Waals surface area contributed by atoms with E-state index in [1.165, 1.54) is 43.2 Å². The summed E-state index contributed by atoms with van der Waals surface area (Å²) >= 11 is 0. The van der Waals surface area contributed by atoms with Crippen LogP contribution in [0.3, 0.4) is 0 Å². The molecule has 2 rings (SSSR count). The maximum absolute atomic E-state index is 11.5. The summed E-state index contributed by atoms with van der Waals surface area (Å²) in [6.07, 6.45) is 9.08. The molecule has 0 radical (unpaired) electrons. The number of rotatable bonds is 7. The first-order valence-electron chi connectivity index (χ1n) is 8.36. The van der Waals surface area contributed by atoms with Crippen LogP contribution in [-0.2, 0) is 4.79 Å². The number of Topliss-reactive ketones (excluding diaryl/α,β-unsaturated/α-hetero) is 1. The van der Waals surface area contributed by atoms with Crippen LogP contribution < -0.4 is 0 Å². The molecule has 1 heteroatoms. The summed E-state index contributed by atoms with van der Waals surface area (Å²) in [5, 5.41) is 0. The molecule has 1 nitrogen and oxygen atoms in total. The first-order valence-corrected chi connectivity index (χ1v) is 8.36. The Morgan fingerprint density at radius 3 is 2.75 bits per heavy atom. The van der Waals surface area contributed by atoms with Crippen LogP contribution >= 0.6 is 0 Å². The molecule has 0 spiro atoms. The largest absolute Gasteiger partial charge is 0.300 e. The van der Waals surface area contributed by atoms with Gasteiger partial charge in [0.1, 0.15) is 5.78 Å². The molecule has 0 heterocycles. The summed E-state index contributed by atoms with van der Waals surface area (Å²) in [5.41, 5.74) is 2.88. The van der Waals surface area contributed by atoms with Crippen LogP contribution in [0.4, 0.5) is 0 Å². The summed E-state index contributed by atoms with van der Waals surface area (Å²) in [7, 11) is 0. The second-order valence-electron chi connectivity index (χ2n) is 6.25. The molecule has 0 aromatic heterocycles. The molecule has 0 N–H and O–H groups in total. The van der Waals surface area contributed by atoms with E-state index in [-0.39, 0.29) is 0 Å². The highest BCUT2D eigenvalue weighted by atomic mass is 16.1. The summed E-state index contributed by atoms with van der Waals surface area (Å²) in [6, 6.07) is 9.06. The van der Waals surface area contributed by atoms with E-state index >= 15 is 0 Å². The van der Waals surface area contributed by atoms with Crippen LogP contribution in [0.2, 0.25) is 0 Å². The summed E-state index contributed by atoms with van der Waals surface area (Å²) < 4.78 is 0. The van der Waals surface area contributed by atoms with E-state index in [9.17, 15) is 4.79 Å². The van der Waals surface area contributed by atoms with E-state index in [0.717, 1.165) is 19.3 Å². The number of unbranched alkanes of at least 4 members (excludes halogenated alkanes) is 2. The Morgan fingerprint density at radius 2 is 2.10 bits per heavy atom. The Labute approximate surface area is 123 Å². The lowest BCUT2D eigenvalue weighted by Crippen LogP contribution is -2.01. The smallest absolute Gasteiger partial charge is 0.133 e. The Morgan fingerprint density at radius 1 is 1.25 bits per heavy atom. The molecule has 0 bridgehead atoms. The fraction of sp³-hybridized carbons (Fsp3) is 0.632. The van der Waals surface area contributed by atoms with Gasteiger partial charge in [0, 0.05) is 12.8 Å². The molecule has 1 aromatic rings. The van der Waals surface area contributed by atoms with Gasteiger partial charge < -0.3 is 0 Å². The predicted octanol–water partition coefficient (Wildman–Crippen LogP) is 5.60. The second-order valence-corrected chi connectivity index (χ2v) is 6.25. The second kappa shape index (κ2) is 7.61. The molecule has 1 saturated carbocycles. The van der Waals surface area contributed by atoms with Crippen LogP contribution in [-0.4, -0.2) is 5.78 Å². The van der Waals surface area contributed by atoms with E-state index in [0.29, 0.717) is 17.6 Å². The van der Waals surface area contributed by atoms with Gasteiger partial charge in [-0.1, -0.05) is 57.4 Å². The average molecular weight is 272 g/mol. The molecule has 2 atom stereocenters. The number of ketones is 1. The molecule has 20 heavy (non-hydrogen) atoms. The maximum Gasteiger partial charge on any atom is 0.133 e. The lowest BCUT2D eigenvalue weighted by atomic mass is 9.87. The first kappa shape index (κ1) is 15.3. The third-order valence-electron chi connectivity index (χ3n) is 4.75. The molecular formula is C19H28O. The topological polar surface area (TPSA) is 17.1 Å². The van der Waals surface area contributed by atoms with Gasteiger partial charge in [0.2, 0.25) is 0 Å². The SMILES string of the molecule is CCCCCC(CC)c1cccc(C2CCC(=O)C2)c1. The zero-order valence-electron chi connectivity index (χ0n) is 13.0. The Bertz CT molecular complexity index is 435. The van der Waals surface area contributed by atoms with Crippen LogP contribution in [0.15, 0.2) is 24.3 Å². The van der Waals surface area contributed by atoms with Crippen molar-refractivity contribution in [2.75, 3.05) is 0 Å². The van der Waals surface area contributed by atoms with Crippen molar-refractivity contribution in [1.82, 2.24) is 0 Å². The highest BCUT2D eigenvalue weighted by Gasteiger charge is 2.24. The number of benzene rings is 1. The number of hydrogen-bond donors (Lipinski definition) is 0. The summed E-state index contributed by atoms with van der Waals surface area (Å²) in [6.45, 7) is 4.56. The number of hydrogen-bond acceptors (Lipinski definition) is 1. The zero-order valence-corrected chi connectivity index (χ0v) is 13.0. The van der Waals surface area contributed by atoms with Gasteiger partial charge in [-0.3, -0.25) is 4.79 Å². The predicted molar refractivity (Wildman–Crippen MR) is 85.2 cm³/mol. The van der Waals surface area contributed by atoms with Gasteiger partial charge in [-0.05, 0) is 42.2 Å². The third-order valence-corrected chi connectivity index (χ3v) is 4.75. The monoisotopic (exact) mass is 272 g/mol. The van der Waals surface area contributed by atoms with Crippen LogP contribution in [0, 0.1) is 0 Å². The van der Waals surface area contributed by atoms with Crippen molar-refractivity contribution in [3.63, 3.8) is 0 Å². The van der Waals surface area contributed by atoms with Crippen LogP contribution in [0.1, 0.15) is 88.2 Å². The lowest BCUT2D eigenvalue weighted by Gasteiger charge is -2.18. The van der Waals surface area contributed by atoms with E-state index in [2.05, 4.69) is 38.1 Å². The molecule has 1 aliphatic rings. The number of carbonyl (C=O) groups is 1. The standard InChI is InChI=1S/C19H28O/c1-3-5-6-8-15(4-2)16-9-7-10-17(13-16)18-11-12-19(20)14-18/h7,9-10,13,15,18H,3-6,8,11-12,14H2,1-2H3. The van der Waals surface area contributed by atoms with Gasteiger partial charge in [-0.2, -0.15) is 0 Å². The molecule has 1 aromatic carbocycles. The molecule has 0 aliphatic heterocycles. The molecule has 1 aliphatic carbocycles. The summed E-state index contributed by atoms with van der Waals surface area (Å²) in [5.74, 6) is 1.62. The summed E-state index contributed by atoms with van der Waals surface area (Å²) in [4.78, 5) is 11.5. The fourth-order valence-electron chi connectivity index (χ4n) is 3.41. The van der Waals surface area contributed by atoms with E-state index in [1.807, 2.05) is 0 Å². The van der Waals surface area contributed by atoms with Gasteiger partial charge in [0.05, 0.1) is 0 Å². The van der Waals surface area contributed by atoms with Crippen molar-refractivity contribution in [2.45, 2.75) is 77.0 Å². The lowest BCUT2D eigenvalue weighted by molar-refractivity contribution is -0.117.